The second kappa shape index (κ2) is 14.0. The summed E-state index contributed by atoms with van der Waals surface area (Å²) in [4.78, 5) is 28.1. The molecule has 36 heavy (non-hydrogen) atoms. The molecule has 0 aliphatic heterocycles. The highest BCUT2D eigenvalue weighted by Crippen LogP contribution is 2.20. The van der Waals surface area contributed by atoms with Crippen molar-refractivity contribution in [2.45, 2.75) is 71.9 Å². The van der Waals surface area contributed by atoms with Crippen LogP contribution in [0, 0.1) is 6.92 Å². The number of hydrogen-bond donors (Lipinski definition) is 1. The van der Waals surface area contributed by atoms with Crippen molar-refractivity contribution >= 4 is 27.5 Å². The smallest absolute Gasteiger partial charge is 0.243 e. The fourth-order valence-electron chi connectivity index (χ4n) is 4.12. The van der Waals surface area contributed by atoms with E-state index in [1.165, 1.54) is 10.6 Å². The molecule has 0 aliphatic carbocycles. The summed E-state index contributed by atoms with van der Waals surface area (Å²) in [6, 6.07) is 16.6. The maximum atomic E-state index is 13.4. The van der Waals surface area contributed by atoms with Crippen molar-refractivity contribution in [3.8, 4) is 0 Å². The summed E-state index contributed by atoms with van der Waals surface area (Å²) in [5.74, 6) is -0.291. The van der Waals surface area contributed by atoms with E-state index in [9.17, 15) is 18.0 Å². The average molecular weight is 516 g/mol. The lowest BCUT2D eigenvalue weighted by atomic mass is 10.1. The molecule has 8 heteroatoms. The molecule has 2 amide bonds. The summed E-state index contributed by atoms with van der Waals surface area (Å²) in [6.45, 7) is 8.39. The summed E-state index contributed by atoms with van der Waals surface area (Å²) in [7, 11) is -3.51. The van der Waals surface area contributed by atoms with E-state index < -0.39 is 16.1 Å². The van der Waals surface area contributed by atoms with Crippen LogP contribution in [-0.4, -0.2) is 56.6 Å². The van der Waals surface area contributed by atoms with Gasteiger partial charge in [0.15, 0.2) is 0 Å². The van der Waals surface area contributed by atoms with Crippen LogP contribution < -0.4 is 9.62 Å². The molecule has 2 rings (SSSR count). The lowest BCUT2D eigenvalue weighted by Gasteiger charge is -2.32. The van der Waals surface area contributed by atoms with Gasteiger partial charge in [-0.1, -0.05) is 56.3 Å². The lowest BCUT2D eigenvalue weighted by Crippen LogP contribution is -2.51. The number of benzene rings is 2. The van der Waals surface area contributed by atoms with Gasteiger partial charge in [0, 0.05) is 25.6 Å². The molecule has 2 aromatic carbocycles. The Kier molecular flexibility index (Phi) is 11.4. The van der Waals surface area contributed by atoms with E-state index in [-0.39, 0.29) is 30.8 Å². The van der Waals surface area contributed by atoms with Gasteiger partial charge in [-0.15, -0.1) is 0 Å². The minimum absolute atomic E-state index is 0.0234. The molecule has 0 bridgehead atoms. The summed E-state index contributed by atoms with van der Waals surface area (Å²) in [6.07, 6.45) is 3.63. The number of carbonyl (C=O) groups excluding carboxylic acids is 2. The van der Waals surface area contributed by atoms with E-state index in [4.69, 9.17) is 0 Å². The van der Waals surface area contributed by atoms with Crippen LogP contribution in [0.2, 0.25) is 0 Å². The molecule has 0 radical (unpaired) electrons. The van der Waals surface area contributed by atoms with Gasteiger partial charge in [0.25, 0.3) is 0 Å². The van der Waals surface area contributed by atoms with Crippen molar-refractivity contribution in [3.63, 3.8) is 0 Å². The molecule has 2 unspecified atom stereocenters. The predicted octanol–water partition coefficient (Wildman–Crippen LogP) is 4.31. The second-order valence-electron chi connectivity index (χ2n) is 9.34. The van der Waals surface area contributed by atoms with Crippen LogP contribution in [-0.2, 0) is 26.0 Å². The van der Waals surface area contributed by atoms with E-state index in [1.54, 1.807) is 11.0 Å². The Morgan fingerprint density at radius 2 is 1.67 bits per heavy atom. The van der Waals surface area contributed by atoms with Crippen molar-refractivity contribution in [3.05, 3.63) is 65.7 Å². The number of rotatable bonds is 14. The van der Waals surface area contributed by atoms with Gasteiger partial charge in [0.2, 0.25) is 21.8 Å². The number of aryl methyl sites for hydroxylation is 1. The fraction of sp³-hybridized carbons (Fsp3) is 0.500. The first kappa shape index (κ1) is 29.4. The van der Waals surface area contributed by atoms with Crippen LogP contribution in [0.5, 0.6) is 0 Å². The highest BCUT2D eigenvalue weighted by molar-refractivity contribution is 7.92. The third-order valence-corrected chi connectivity index (χ3v) is 7.51. The van der Waals surface area contributed by atoms with Gasteiger partial charge in [-0.25, -0.2) is 8.42 Å². The van der Waals surface area contributed by atoms with Crippen molar-refractivity contribution in [1.29, 1.82) is 0 Å². The van der Waals surface area contributed by atoms with Crippen LogP contribution in [0.25, 0.3) is 0 Å². The maximum absolute atomic E-state index is 13.4. The molecule has 198 valence electrons. The Hall–Kier alpha value is -2.87. The number of sulfonamides is 1. The quantitative estimate of drug-likeness (QED) is 0.406. The molecule has 0 saturated carbocycles. The van der Waals surface area contributed by atoms with Gasteiger partial charge in [-0.05, 0) is 62.8 Å². The Balaban J connectivity index is 2.16. The van der Waals surface area contributed by atoms with E-state index in [0.717, 1.165) is 17.5 Å². The van der Waals surface area contributed by atoms with Gasteiger partial charge in [-0.2, -0.15) is 0 Å². The van der Waals surface area contributed by atoms with Crippen molar-refractivity contribution in [2.24, 2.45) is 0 Å². The highest BCUT2D eigenvalue weighted by atomic mass is 32.2. The van der Waals surface area contributed by atoms with Crippen molar-refractivity contribution in [1.82, 2.24) is 10.2 Å². The molecule has 0 saturated heterocycles. The Bertz CT molecular complexity index is 1090. The minimum atomic E-state index is -3.51. The molecule has 0 aromatic heterocycles. The summed E-state index contributed by atoms with van der Waals surface area (Å²) in [5.41, 5.74) is 2.64. The topological polar surface area (TPSA) is 86.8 Å². The Labute approximate surface area is 216 Å². The summed E-state index contributed by atoms with van der Waals surface area (Å²) < 4.78 is 26.3. The van der Waals surface area contributed by atoms with E-state index in [0.29, 0.717) is 31.5 Å². The normalized spacial score (nSPS) is 13.0. The molecule has 1 N–H and O–H groups in total. The van der Waals surface area contributed by atoms with Gasteiger partial charge < -0.3 is 10.2 Å². The molecule has 0 aliphatic rings. The first-order valence-corrected chi connectivity index (χ1v) is 14.6. The monoisotopic (exact) mass is 515 g/mol. The predicted molar refractivity (Wildman–Crippen MR) is 146 cm³/mol. The van der Waals surface area contributed by atoms with Crippen LogP contribution in [0.3, 0.4) is 0 Å². The van der Waals surface area contributed by atoms with Crippen LogP contribution in [0.15, 0.2) is 54.6 Å². The van der Waals surface area contributed by atoms with Crippen LogP contribution in [0.1, 0.15) is 57.6 Å². The largest absolute Gasteiger partial charge is 0.352 e. The van der Waals surface area contributed by atoms with Gasteiger partial charge >= 0.3 is 0 Å². The van der Waals surface area contributed by atoms with Crippen LogP contribution in [0.4, 0.5) is 5.69 Å². The van der Waals surface area contributed by atoms with E-state index >= 15 is 0 Å². The van der Waals surface area contributed by atoms with Crippen LogP contribution >= 0.6 is 0 Å². The summed E-state index contributed by atoms with van der Waals surface area (Å²) in [5, 5.41) is 3.01. The number of carbonyl (C=O) groups is 2. The fourth-order valence-corrected chi connectivity index (χ4v) is 5.08. The number of amides is 2. The molecule has 0 fully saturated rings. The Morgan fingerprint density at radius 1 is 0.972 bits per heavy atom. The molecule has 0 heterocycles. The van der Waals surface area contributed by atoms with Gasteiger partial charge in [-0.3, -0.25) is 13.9 Å². The van der Waals surface area contributed by atoms with Crippen molar-refractivity contribution < 1.29 is 18.0 Å². The number of nitrogens with zero attached hydrogens (tertiary/aromatic N) is 2. The van der Waals surface area contributed by atoms with Gasteiger partial charge in [0.05, 0.1) is 11.9 Å². The number of hydrogen-bond acceptors (Lipinski definition) is 4. The standard InChI is InChI=1S/C28H41N3O4S/c1-6-23(4)29-28(33)26(7-2)30(20-18-24-14-9-8-10-15-24)27(32)17-12-19-31(36(5,34)35)25-16-11-13-22(3)21-25/h8-11,13-16,21,23,26H,6-7,12,17-20H2,1-5H3,(H,29,33). The van der Waals surface area contributed by atoms with E-state index in [1.807, 2.05) is 76.2 Å². The SMILES string of the molecule is CCC(C)NC(=O)C(CC)N(CCc1ccccc1)C(=O)CCCN(c1cccc(C)c1)S(C)(=O)=O. The maximum Gasteiger partial charge on any atom is 0.243 e. The molecular weight excluding hydrogens is 474 g/mol. The average Bonchev–Trinajstić information content (AvgIpc) is 2.83. The van der Waals surface area contributed by atoms with Crippen molar-refractivity contribution in [2.75, 3.05) is 23.7 Å². The highest BCUT2D eigenvalue weighted by Gasteiger charge is 2.29. The Morgan fingerprint density at radius 3 is 2.25 bits per heavy atom. The van der Waals surface area contributed by atoms with E-state index in [2.05, 4.69) is 5.32 Å². The number of anilines is 1. The third-order valence-electron chi connectivity index (χ3n) is 6.31. The first-order valence-electron chi connectivity index (χ1n) is 12.7. The third kappa shape index (κ3) is 8.97. The molecule has 2 aromatic rings. The zero-order chi connectivity index (χ0) is 26.7. The lowest BCUT2D eigenvalue weighted by molar-refractivity contribution is -0.141. The molecule has 0 spiro atoms. The molecule has 2 atom stereocenters. The zero-order valence-electron chi connectivity index (χ0n) is 22.2. The first-order chi connectivity index (χ1) is 17.1. The number of nitrogens with one attached hydrogen (secondary N) is 1. The molecule has 7 nitrogen and oxygen atoms in total. The van der Waals surface area contributed by atoms with Gasteiger partial charge in [0.1, 0.15) is 6.04 Å². The summed E-state index contributed by atoms with van der Waals surface area (Å²) >= 11 is 0. The zero-order valence-corrected chi connectivity index (χ0v) is 23.1. The molecular formula is C28H41N3O4S. The minimum Gasteiger partial charge on any atom is -0.352 e. The second-order valence-corrected chi connectivity index (χ2v) is 11.2.